The zero-order valence-electron chi connectivity index (χ0n) is 8.91. The van der Waals surface area contributed by atoms with Crippen molar-refractivity contribution in [2.24, 2.45) is 0 Å². The van der Waals surface area contributed by atoms with E-state index in [1.54, 1.807) is 0 Å². The molecule has 0 N–H and O–H groups in total. The van der Waals surface area contributed by atoms with Crippen molar-refractivity contribution in [2.75, 3.05) is 12.0 Å². The van der Waals surface area contributed by atoms with Crippen LogP contribution in [0.1, 0.15) is 5.82 Å². The number of aromatic nitrogens is 2. The highest BCUT2D eigenvalue weighted by Crippen LogP contribution is 2.24. The number of hydrogen-bond donors (Lipinski definition) is 0. The van der Waals surface area contributed by atoms with Crippen molar-refractivity contribution in [1.29, 1.82) is 0 Å². The van der Waals surface area contributed by atoms with E-state index < -0.39 is 0 Å². The summed E-state index contributed by atoms with van der Waals surface area (Å²) in [7, 11) is 0. The Kier molecular flexibility index (Phi) is 4.00. The summed E-state index contributed by atoms with van der Waals surface area (Å²) in [5.41, 5.74) is 1.91. The van der Waals surface area contributed by atoms with E-state index in [1.165, 1.54) is 0 Å². The molecule has 2 aromatic rings. The summed E-state index contributed by atoms with van der Waals surface area (Å²) in [6, 6.07) is 5.83. The molecule has 1 aromatic carbocycles. The summed E-state index contributed by atoms with van der Waals surface area (Å²) in [6.07, 6.45) is 2.09. The Balaban J connectivity index is 2.54. The molecule has 16 heavy (non-hydrogen) atoms. The first-order valence-electron chi connectivity index (χ1n) is 4.96. The summed E-state index contributed by atoms with van der Waals surface area (Å²) < 4.78 is 2.14. The van der Waals surface area contributed by atoms with Gasteiger partial charge in [-0.15, -0.1) is 11.6 Å². The third kappa shape index (κ3) is 2.17. The van der Waals surface area contributed by atoms with E-state index in [-0.39, 0.29) is 0 Å². The lowest BCUT2D eigenvalue weighted by Crippen LogP contribution is -2.04. The minimum atomic E-state index is 0.416. The van der Waals surface area contributed by atoms with Crippen molar-refractivity contribution < 1.29 is 0 Å². The number of aryl methyl sites for hydroxylation is 1. The second kappa shape index (κ2) is 5.30. The smallest absolute Gasteiger partial charge is 0.124 e. The van der Waals surface area contributed by atoms with Gasteiger partial charge in [-0.25, -0.2) is 4.98 Å². The number of para-hydroxylation sites is 1. The van der Waals surface area contributed by atoms with Crippen LogP contribution in [0.3, 0.4) is 0 Å². The lowest BCUT2D eigenvalue weighted by Gasteiger charge is -2.05. The van der Waals surface area contributed by atoms with E-state index in [4.69, 9.17) is 23.2 Å². The van der Waals surface area contributed by atoms with Crippen LogP contribution < -0.4 is 0 Å². The molecule has 0 saturated heterocycles. The Morgan fingerprint density at radius 2 is 2.25 bits per heavy atom. The van der Waals surface area contributed by atoms with Gasteiger partial charge in [0.2, 0.25) is 0 Å². The number of hydrogen-bond acceptors (Lipinski definition) is 2. The average molecular weight is 275 g/mol. The fraction of sp³-hybridized carbons (Fsp3) is 0.364. The number of imidazole rings is 1. The van der Waals surface area contributed by atoms with E-state index in [9.17, 15) is 0 Å². The monoisotopic (exact) mass is 274 g/mol. The molecular weight excluding hydrogens is 263 g/mol. The van der Waals surface area contributed by atoms with Gasteiger partial charge in [0.15, 0.2) is 0 Å². The standard InChI is InChI=1S/C11H12Cl2N2S/c1-16-6-5-15-9-4-2-3-8(13)11(9)14-10(15)7-12/h2-4H,5-7H2,1H3. The summed E-state index contributed by atoms with van der Waals surface area (Å²) in [6.45, 7) is 0.917. The largest absolute Gasteiger partial charge is 0.326 e. The highest BCUT2D eigenvalue weighted by Gasteiger charge is 2.11. The van der Waals surface area contributed by atoms with Crippen LogP contribution in [0.2, 0.25) is 5.02 Å². The molecule has 0 radical (unpaired) electrons. The SMILES string of the molecule is CSCCn1c(CCl)nc2c(Cl)cccc21. The molecule has 0 spiro atoms. The topological polar surface area (TPSA) is 17.8 Å². The van der Waals surface area contributed by atoms with Gasteiger partial charge in [0.05, 0.1) is 16.4 Å². The first-order valence-corrected chi connectivity index (χ1v) is 7.27. The Labute approximate surface area is 109 Å². The maximum Gasteiger partial charge on any atom is 0.124 e. The number of rotatable bonds is 4. The van der Waals surface area contributed by atoms with Crippen LogP contribution >= 0.6 is 35.0 Å². The van der Waals surface area contributed by atoms with Gasteiger partial charge >= 0.3 is 0 Å². The molecule has 0 bridgehead atoms. The Hall–Kier alpha value is -0.380. The van der Waals surface area contributed by atoms with Gasteiger partial charge in [-0.2, -0.15) is 11.8 Å². The van der Waals surface area contributed by atoms with Crippen LogP contribution in [-0.4, -0.2) is 21.6 Å². The number of fused-ring (bicyclic) bond motifs is 1. The highest BCUT2D eigenvalue weighted by atomic mass is 35.5. The first-order chi connectivity index (χ1) is 7.77. The fourth-order valence-corrected chi connectivity index (χ4v) is 2.48. The zero-order valence-corrected chi connectivity index (χ0v) is 11.2. The minimum Gasteiger partial charge on any atom is -0.326 e. The third-order valence-corrected chi connectivity index (χ3v) is 3.58. The van der Waals surface area contributed by atoms with Crippen molar-refractivity contribution in [3.63, 3.8) is 0 Å². The molecule has 0 atom stereocenters. The third-order valence-electron chi connectivity index (χ3n) is 2.45. The van der Waals surface area contributed by atoms with Gasteiger partial charge in [-0.1, -0.05) is 17.7 Å². The van der Waals surface area contributed by atoms with Crippen molar-refractivity contribution >= 4 is 46.0 Å². The number of alkyl halides is 1. The normalized spacial score (nSPS) is 11.2. The van der Waals surface area contributed by atoms with Crippen molar-refractivity contribution in [1.82, 2.24) is 9.55 Å². The van der Waals surface area contributed by atoms with Gasteiger partial charge in [0.1, 0.15) is 11.3 Å². The second-order valence-corrected chi connectivity index (χ2v) is 5.07. The molecule has 0 amide bonds. The predicted octanol–water partition coefficient (Wildman–Crippen LogP) is 3.79. The van der Waals surface area contributed by atoms with Crippen LogP contribution in [0.25, 0.3) is 11.0 Å². The van der Waals surface area contributed by atoms with Gasteiger partial charge in [0.25, 0.3) is 0 Å². The van der Waals surface area contributed by atoms with Crippen LogP contribution in [0, 0.1) is 0 Å². The van der Waals surface area contributed by atoms with E-state index in [0.29, 0.717) is 10.9 Å². The zero-order chi connectivity index (χ0) is 11.5. The number of halogens is 2. The molecule has 2 nitrogen and oxygen atoms in total. The van der Waals surface area contributed by atoms with E-state index in [1.807, 2.05) is 30.0 Å². The lowest BCUT2D eigenvalue weighted by atomic mass is 10.3. The molecular formula is C11H12Cl2N2S. The number of nitrogens with zero attached hydrogens (tertiary/aromatic N) is 2. The van der Waals surface area contributed by atoms with Crippen LogP contribution in [-0.2, 0) is 12.4 Å². The van der Waals surface area contributed by atoms with Crippen LogP contribution in [0.4, 0.5) is 0 Å². The fourth-order valence-electron chi connectivity index (χ4n) is 1.69. The lowest BCUT2D eigenvalue weighted by molar-refractivity contribution is 0.755. The molecule has 5 heteroatoms. The molecule has 1 heterocycles. The van der Waals surface area contributed by atoms with Crippen molar-refractivity contribution in [3.05, 3.63) is 29.0 Å². The van der Waals surface area contributed by atoms with E-state index in [2.05, 4.69) is 15.8 Å². The Morgan fingerprint density at radius 1 is 1.44 bits per heavy atom. The average Bonchev–Trinajstić information content (AvgIpc) is 2.66. The molecule has 0 unspecified atom stereocenters. The molecule has 0 saturated carbocycles. The van der Waals surface area contributed by atoms with E-state index >= 15 is 0 Å². The summed E-state index contributed by atoms with van der Waals surface area (Å²) in [5.74, 6) is 2.35. The van der Waals surface area contributed by atoms with Gasteiger partial charge in [0, 0.05) is 12.3 Å². The predicted molar refractivity (Wildman–Crippen MR) is 72.7 cm³/mol. The quantitative estimate of drug-likeness (QED) is 0.790. The minimum absolute atomic E-state index is 0.416. The Bertz CT molecular complexity index is 496. The van der Waals surface area contributed by atoms with Crippen molar-refractivity contribution in [3.8, 4) is 0 Å². The summed E-state index contributed by atoms with van der Waals surface area (Å²) in [4.78, 5) is 4.47. The van der Waals surface area contributed by atoms with Gasteiger partial charge in [-0.3, -0.25) is 0 Å². The molecule has 0 aliphatic heterocycles. The second-order valence-electron chi connectivity index (χ2n) is 3.41. The first kappa shape index (κ1) is 12.1. The molecule has 2 rings (SSSR count). The Morgan fingerprint density at radius 3 is 2.94 bits per heavy atom. The molecule has 0 aliphatic carbocycles. The van der Waals surface area contributed by atoms with Gasteiger partial charge in [-0.05, 0) is 18.4 Å². The van der Waals surface area contributed by atoms with E-state index in [0.717, 1.165) is 29.2 Å². The van der Waals surface area contributed by atoms with Crippen molar-refractivity contribution in [2.45, 2.75) is 12.4 Å². The molecule has 0 fully saturated rings. The number of benzene rings is 1. The summed E-state index contributed by atoms with van der Waals surface area (Å²) in [5, 5.41) is 0.687. The molecule has 0 aliphatic rings. The van der Waals surface area contributed by atoms with Crippen LogP contribution in [0.5, 0.6) is 0 Å². The maximum absolute atomic E-state index is 6.11. The van der Waals surface area contributed by atoms with Crippen LogP contribution in [0.15, 0.2) is 18.2 Å². The van der Waals surface area contributed by atoms with Gasteiger partial charge < -0.3 is 4.57 Å². The number of thioether (sulfide) groups is 1. The molecule has 86 valence electrons. The maximum atomic E-state index is 6.11. The highest BCUT2D eigenvalue weighted by molar-refractivity contribution is 7.98. The summed E-state index contributed by atoms with van der Waals surface area (Å²) >= 11 is 13.8. The molecule has 1 aromatic heterocycles.